The Labute approximate surface area is 139 Å². The summed E-state index contributed by atoms with van der Waals surface area (Å²) < 4.78 is 18.4. The van der Waals surface area contributed by atoms with Crippen LogP contribution in [0.3, 0.4) is 0 Å². The Morgan fingerprint density at radius 2 is 1.90 bits per heavy atom. The monoisotopic (exact) mass is 349 g/mol. The molecule has 0 atom stereocenters. The first kappa shape index (κ1) is 18.1. The largest absolute Gasteiger partial charge is 0.491 e. The predicted molar refractivity (Wildman–Crippen MR) is 87.3 cm³/mol. The molecule has 2 rings (SSSR count). The highest BCUT2D eigenvalue weighted by atomic mass is 35.5. The van der Waals surface area contributed by atoms with Crippen LogP contribution in [0.5, 0.6) is 5.75 Å². The summed E-state index contributed by atoms with van der Waals surface area (Å²) in [5.41, 5.74) is 1.10. The van der Waals surface area contributed by atoms with Gasteiger partial charge in [0.05, 0.1) is 5.02 Å². The van der Waals surface area contributed by atoms with Crippen molar-refractivity contribution in [1.82, 2.24) is 5.32 Å². The molecule has 2 nitrogen and oxygen atoms in total. The van der Waals surface area contributed by atoms with Gasteiger partial charge in [-0.05, 0) is 29.8 Å². The minimum atomic E-state index is -0.365. The normalized spacial score (nSPS) is 10.0. The lowest BCUT2D eigenvalue weighted by Gasteiger charge is -2.09. The lowest BCUT2D eigenvalue weighted by molar-refractivity contribution is 0.312. The van der Waals surface area contributed by atoms with Gasteiger partial charge < -0.3 is 10.1 Å². The maximum atomic E-state index is 13.0. The van der Waals surface area contributed by atoms with E-state index in [1.807, 2.05) is 24.3 Å². The van der Waals surface area contributed by atoms with E-state index in [-0.39, 0.29) is 18.2 Å². The van der Waals surface area contributed by atoms with Crippen LogP contribution in [0.1, 0.15) is 5.56 Å². The van der Waals surface area contributed by atoms with Gasteiger partial charge >= 0.3 is 0 Å². The fourth-order valence-corrected chi connectivity index (χ4v) is 2.09. The van der Waals surface area contributed by atoms with E-state index in [0.717, 1.165) is 5.56 Å². The molecule has 0 saturated heterocycles. The van der Waals surface area contributed by atoms with Crippen LogP contribution in [0.4, 0.5) is 4.39 Å². The molecule has 6 heteroatoms. The number of benzene rings is 2. The van der Waals surface area contributed by atoms with Crippen LogP contribution in [0, 0.1) is 5.82 Å². The van der Waals surface area contributed by atoms with E-state index in [1.54, 1.807) is 0 Å². The molecule has 0 unspecified atom stereocenters. The quantitative estimate of drug-likeness (QED) is 0.761. The van der Waals surface area contributed by atoms with Crippen molar-refractivity contribution in [2.24, 2.45) is 0 Å². The second kappa shape index (κ2) is 9.11. The second-order valence-corrected chi connectivity index (χ2v) is 5.07. The zero-order valence-corrected chi connectivity index (χ0v) is 13.4. The predicted octanol–water partition coefficient (Wildman–Crippen LogP) is 4.72. The van der Waals surface area contributed by atoms with E-state index >= 15 is 0 Å². The maximum Gasteiger partial charge on any atom is 0.140 e. The summed E-state index contributed by atoms with van der Waals surface area (Å²) in [5.74, 6) is -0.00694. The van der Waals surface area contributed by atoms with Gasteiger partial charge in [-0.3, -0.25) is 0 Å². The number of halogens is 4. The van der Waals surface area contributed by atoms with Gasteiger partial charge in [-0.2, -0.15) is 0 Å². The molecular weight excluding hydrogens is 336 g/mol. The van der Waals surface area contributed by atoms with Crippen molar-refractivity contribution in [3.63, 3.8) is 0 Å². The molecule has 0 aliphatic rings. The van der Waals surface area contributed by atoms with Gasteiger partial charge in [0, 0.05) is 24.2 Å². The Morgan fingerprint density at radius 1 is 1.10 bits per heavy atom. The molecule has 2 aromatic carbocycles. The molecule has 21 heavy (non-hydrogen) atoms. The van der Waals surface area contributed by atoms with Gasteiger partial charge in [0.15, 0.2) is 0 Å². The molecule has 0 spiro atoms. The lowest BCUT2D eigenvalue weighted by Crippen LogP contribution is -2.20. The zero-order valence-electron chi connectivity index (χ0n) is 11.1. The number of nitrogens with one attached hydrogen (secondary N) is 1. The standard InChI is InChI=1S/C15H14Cl2FNO.ClH/c16-12-3-1-2-11(8-12)10-19-6-7-20-15-9-13(18)4-5-14(15)17;/h1-5,8-9,19H,6-7,10H2;1H. The molecule has 0 aromatic heterocycles. The highest BCUT2D eigenvalue weighted by molar-refractivity contribution is 6.32. The van der Waals surface area contributed by atoms with Gasteiger partial charge in [-0.1, -0.05) is 35.3 Å². The van der Waals surface area contributed by atoms with Crippen LogP contribution in [0.25, 0.3) is 0 Å². The topological polar surface area (TPSA) is 21.3 Å². The Morgan fingerprint density at radius 3 is 2.67 bits per heavy atom. The van der Waals surface area contributed by atoms with Crippen molar-refractivity contribution in [3.05, 3.63) is 63.9 Å². The van der Waals surface area contributed by atoms with Gasteiger partial charge in [-0.15, -0.1) is 12.4 Å². The fraction of sp³-hybridized carbons (Fsp3) is 0.200. The van der Waals surface area contributed by atoms with Crippen LogP contribution in [0.2, 0.25) is 10.0 Å². The number of hydrogen-bond acceptors (Lipinski definition) is 2. The molecule has 0 aliphatic carbocycles. The minimum Gasteiger partial charge on any atom is -0.491 e. The van der Waals surface area contributed by atoms with Crippen LogP contribution in [-0.2, 0) is 6.54 Å². The van der Waals surface area contributed by atoms with E-state index in [0.29, 0.717) is 35.5 Å². The van der Waals surface area contributed by atoms with Crippen LogP contribution in [-0.4, -0.2) is 13.2 Å². The first-order valence-corrected chi connectivity index (χ1v) is 6.94. The Hall–Kier alpha value is -1.00. The average molecular weight is 351 g/mol. The Kier molecular flexibility index (Phi) is 7.83. The van der Waals surface area contributed by atoms with E-state index in [2.05, 4.69) is 5.32 Å². The fourth-order valence-electron chi connectivity index (χ4n) is 1.70. The molecule has 0 radical (unpaired) electrons. The molecule has 1 N–H and O–H groups in total. The highest BCUT2D eigenvalue weighted by Crippen LogP contribution is 2.24. The first-order valence-electron chi connectivity index (χ1n) is 6.18. The molecule has 0 amide bonds. The number of rotatable bonds is 6. The van der Waals surface area contributed by atoms with Crippen molar-refractivity contribution >= 4 is 35.6 Å². The summed E-state index contributed by atoms with van der Waals surface area (Å²) in [6.07, 6.45) is 0. The summed E-state index contributed by atoms with van der Waals surface area (Å²) in [4.78, 5) is 0. The molecular formula is C15H15Cl3FNO. The zero-order chi connectivity index (χ0) is 14.4. The molecule has 0 heterocycles. The molecule has 114 valence electrons. The third-order valence-electron chi connectivity index (χ3n) is 2.65. The van der Waals surface area contributed by atoms with Crippen LogP contribution in [0.15, 0.2) is 42.5 Å². The van der Waals surface area contributed by atoms with Crippen molar-refractivity contribution in [2.75, 3.05) is 13.2 Å². The third kappa shape index (κ3) is 6.10. The van der Waals surface area contributed by atoms with Crippen molar-refractivity contribution < 1.29 is 9.13 Å². The SMILES string of the molecule is Cl.Fc1ccc(Cl)c(OCCNCc2cccc(Cl)c2)c1. The summed E-state index contributed by atoms with van der Waals surface area (Å²) >= 11 is 11.8. The van der Waals surface area contributed by atoms with Crippen LogP contribution >= 0.6 is 35.6 Å². The summed E-state index contributed by atoms with van der Waals surface area (Å²) in [7, 11) is 0. The summed E-state index contributed by atoms with van der Waals surface area (Å²) in [5, 5.41) is 4.33. The van der Waals surface area contributed by atoms with E-state index < -0.39 is 0 Å². The van der Waals surface area contributed by atoms with E-state index in [4.69, 9.17) is 27.9 Å². The van der Waals surface area contributed by atoms with Crippen LogP contribution < -0.4 is 10.1 Å². The van der Waals surface area contributed by atoms with Gasteiger partial charge in [-0.25, -0.2) is 4.39 Å². The molecule has 0 fully saturated rings. The van der Waals surface area contributed by atoms with Gasteiger partial charge in [0.2, 0.25) is 0 Å². The number of ether oxygens (including phenoxy) is 1. The van der Waals surface area contributed by atoms with Crippen molar-refractivity contribution in [2.45, 2.75) is 6.54 Å². The smallest absolute Gasteiger partial charge is 0.140 e. The molecule has 0 saturated carbocycles. The Bertz CT molecular complexity index is 581. The average Bonchev–Trinajstić information content (AvgIpc) is 2.42. The molecule has 0 bridgehead atoms. The third-order valence-corrected chi connectivity index (χ3v) is 3.20. The summed E-state index contributed by atoms with van der Waals surface area (Å²) in [6.45, 7) is 1.73. The van der Waals surface area contributed by atoms with Gasteiger partial charge in [0.25, 0.3) is 0 Å². The maximum absolute atomic E-state index is 13.0. The lowest BCUT2D eigenvalue weighted by atomic mass is 10.2. The Balaban J connectivity index is 0.00000220. The van der Waals surface area contributed by atoms with E-state index in [9.17, 15) is 4.39 Å². The van der Waals surface area contributed by atoms with Gasteiger partial charge in [0.1, 0.15) is 18.2 Å². The summed E-state index contributed by atoms with van der Waals surface area (Å²) in [6, 6.07) is 11.7. The second-order valence-electron chi connectivity index (χ2n) is 4.23. The van der Waals surface area contributed by atoms with Crippen molar-refractivity contribution in [3.8, 4) is 5.75 Å². The molecule has 0 aliphatic heterocycles. The molecule has 2 aromatic rings. The minimum absolute atomic E-state index is 0. The van der Waals surface area contributed by atoms with E-state index in [1.165, 1.54) is 18.2 Å². The highest BCUT2D eigenvalue weighted by Gasteiger charge is 2.02. The number of hydrogen-bond donors (Lipinski definition) is 1. The first-order chi connectivity index (χ1) is 9.65. The van der Waals surface area contributed by atoms with Crippen molar-refractivity contribution in [1.29, 1.82) is 0 Å².